The van der Waals surface area contributed by atoms with Crippen LogP contribution in [-0.4, -0.2) is 69.7 Å². The van der Waals surface area contributed by atoms with Gasteiger partial charge in [0.15, 0.2) is 15.8 Å². The Bertz CT molecular complexity index is 446. The van der Waals surface area contributed by atoms with Gasteiger partial charge in [0.1, 0.15) is 0 Å². The molecular formula is C14H29N3O3S. The quantitative estimate of drug-likeness (QED) is 0.447. The maximum Gasteiger partial charge on any atom is 0.193 e. The van der Waals surface area contributed by atoms with E-state index in [4.69, 9.17) is 4.74 Å². The van der Waals surface area contributed by atoms with E-state index in [2.05, 4.69) is 10.3 Å². The van der Waals surface area contributed by atoms with Crippen LogP contribution in [0.5, 0.6) is 0 Å². The van der Waals surface area contributed by atoms with Crippen LogP contribution in [0.1, 0.15) is 33.6 Å². The Morgan fingerprint density at radius 3 is 2.67 bits per heavy atom. The topological polar surface area (TPSA) is 71.0 Å². The van der Waals surface area contributed by atoms with Crippen LogP contribution < -0.4 is 5.32 Å². The van der Waals surface area contributed by atoms with Gasteiger partial charge >= 0.3 is 0 Å². The van der Waals surface area contributed by atoms with Gasteiger partial charge in [0.2, 0.25) is 0 Å². The van der Waals surface area contributed by atoms with Crippen molar-refractivity contribution >= 4 is 15.8 Å². The third-order valence-electron chi connectivity index (χ3n) is 3.76. The Morgan fingerprint density at radius 1 is 1.38 bits per heavy atom. The first kappa shape index (κ1) is 18.2. The Hall–Kier alpha value is -0.820. The van der Waals surface area contributed by atoms with Gasteiger partial charge in [0.05, 0.1) is 10.5 Å². The Morgan fingerprint density at radius 2 is 2.10 bits per heavy atom. The fourth-order valence-electron chi connectivity index (χ4n) is 2.33. The molecule has 0 bridgehead atoms. The number of ether oxygens (including phenoxy) is 1. The van der Waals surface area contributed by atoms with Crippen molar-refractivity contribution in [3.63, 3.8) is 0 Å². The zero-order valence-electron chi connectivity index (χ0n) is 13.7. The summed E-state index contributed by atoms with van der Waals surface area (Å²) in [4.78, 5) is 6.30. The molecule has 1 aliphatic rings. The standard InChI is InChI=1S/C14H29N3O3S/c1-5-20-10-7-6-8-16-13(15-4)17-9-11-21(18,19)14(2,3)12-17/h5-12H2,1-4H3,(H,15,16). The summed E-state index contributed by atoms with van der Waals surface area (Å²) < 4.78 is 28.6. The second-order valence-corrected chi connectivity index (χ2v) is 8.62. The van der Waals surface area contributed by atoms with Gasteiger partial charge in [-0.05, 0) is 33.6 Å². The largest absolute Gasteiger partial charge is 0.382 e. The number of nitrogens with zero attached hydrogens (tertiary/aromatic N) is 2. The molecule has 6 nitrogen and oxygen atoms in total. The highest BCUT2D eigenvalue weighted by Gasteiger charge is 2.40. The van der Waals surface area contributed by atoms with Crippen molar-refractivity contribution in [2.75, 3.05) is 45.6 Å². The maximum absolute atomic E-state index is 12.0. The van der Waals surface area contributed by atoms with Crippen LogP contribution in [0.25, 0.3) is 0 Å². The van der Waals surface area contributed by atoms with Crippen LogP contribution in [-0.2, 0) is 14.6 Å². The first-order chi connectivity index (χ1) is 9.84. The summed E-state index contributed by atoms with van der Waals surface area (Å²) in [6.07, 6.45) is 2.02. The van der Waals surface area contributed by atoms with Crippen molar-refractivity contribution in [2.24, 2.45) is 4.99 Å². The van der Waals surface area contributed by atoms with E-state index in [1.807, 2.05) is 11.8 Å². The molecule has 0 aromatic rings. The molecule has 1 fully saturated rings. The molecule has 0 aromatic carbocycles. The molecule has 0 spiro atoms. The Kier molecular flexibility index (Phi) is 6.93. The summed E-state index contributed by atoms with van der Waals surface area (Å²) in [7, 11) is -1.28. The van der Waals surface area contributed by atoms with Crippen molar-refractivity contribution in [2.45, 2.75) is 38.4 Å². The highest BCUT2D eigenvalue weighted by Crippen LogP contribution is 2.23. The smallest absolute Gasteiger partial charge is 0.193 e. The maximum atomic E-state index is 12.0. The normalized spacial score (nSPS) is 21.3. The van der Waals surface area contributed by atoms with Crippen molar-refractivity contribution in [3.05, 3.63) is 0 Å². The van der Waals surface area contributed by atoms with E-state index < -0.39 is 14.6 Å². The molecule has 0 atom stereocenters. The molecule has 1 aliphatic heterocycles. The molecule has 1 saturated heterocycles. The lowest BCUT2D eigenvalue weighted by molar-refractivity contribution is 0.143. The summed E-state index contributed by atoms with van der Waals surface area (Å²) in [6, 6.07) is 0. The monoisotopic (exact) mass is 319 g/mol. The molecule has 7 heteroatoms. The van der Waals surface area contributed by atoms with E-state index in [-0.39, 0.29) is 5.75 Å². The van der Waals surface area contributed by atoms with Gasteiger partial charge in [0, 0.05) is 39.9 Å². The lowest BCUT2D eigenvalue weighted by Gasteiger charge is -2.39. The van der Waals surface area contributed by atoms with Gasteiger partial charge in [-0.3, -0.25) is 4.99 Å². The predicted molar refractivity (Wildman–Crippen MR) is 86.5 cm³/mol. The molecule has 1 N–H and O–H groups in total. The molecule has 124 valence electrons. The summed E-state index contributed by atoms with van der Waals surface area (Å²) in [6.45, 7) is 8.90. The highest BCUT2D eigenvalue weighted by molar-refractivity contribution is 7.92. The molecule has 0 aromatic heterocycles. The van der Waals surface area contributed by atoms with E-state index in [1.54, 1.807) is 20.9 Å². The zero-order valence-corrected chi connectivity index (χ0v) is 14.5. The lowest BCUT2D eigenvalue weighted by atomic mass is 10.2. The first-order valence-corrected chi connectivity index (χ1v) is 9.25. The van der Waals surface area contributed by atoms with E-state index >= 15 is 0 Å². The van der Waals surface area contributed by atoms with Gasteiger partial charge < -0.3 is 15.0 Å². The zero-order chi connectivity index (χ0) is 15.9. The second-order valence-electron chi connectivity index (χ2n) is 5.88. The van der Waals surface area contributed by atoms with Gasteiger partial charge in [-0.25, -0.2) is 8.42 Å². The minimum absolute atomic E-state index is 0.186. The molecule has 1 heterocycles. The summed E-state index contributed by atoms with van der Waals surface area (Å²) in [5.41, 5.74) is 0. The molecule has 1 rings (SSSR count). The number of unbranched alkanes of at least 4 members (excludes halogenated alkanes) is 1. The van der Waals surface area contributed by atoms with Gasteiger partial charge in [0.25, 0.3) is 0 Å². The molecule has 0 amide bonds. The number of guanidine groups is 1. The van der Waals surface area contributed by atoms with Gasteiger partial charge in [-0.2, -0.15) is 0 Å². The van der Waals surface area contributed by atoms with Crippen molar-refractivity contribution in [1.29, 1.82) is 0 Å². The van der Waals surface area contributed by atoms with Crippen LogP contribution in [0.2, 0.25) is 0 Å². The van der Waals surface area contributed by atoms with Crippen molar-refractivity contribution < 1.29 is 13.2 Å². The van der Waals surface area contributed by atoms with E-state index in [1.165, 1.54) is 0 Å². The fourth-order valence-corrected chi connectivity index (χ4v) is 3.70. The van der Waals surface area contributed by atoms with Crippen molar-refractivity contribution in [1.82, 2.24) is 10.2 Å². The summed E-state index contributed by atoms with van der Waals surface area (Å²) in [5, 5.41) is 3.31. The van der Waals surface area contributed by atoms with Gasteiger partial charge in [-0.15, -0.1) is 0 Å². The summed E-state index contributed by atoms with van der Waals surface area (Å²) >= 11 is 0. The third kappa shape index (κ3) is 5.14. The Labute approximate surface area is 128 Å². The molecule has 0 radical (unpaired) electrons. The van der Waals surface area contributed by atoms with E-state index in [9.17, 15) is 8.42 Å². The Balaban J connectivity index is 2.44. The van der Waals surface area contributed by atoms with Crippen LogP contribution >= 0.6 is 0 Å². The van der Waals surface area contributed by atoms with E-state index in [0.29, 0.717) is 13.1 Å². The fraction of sp³-hybridized carbons (Fsp3) is 0.929. The number of aliphatic imine (C=N–C) groups is 1. The number of hydrogen-bond acceptors (Lipinski definition) is 4. The average molecular weight is 319 g/mol. The minimum Gasteiger partial charge on any atom is -0.382 e. The van der Waals surface area contributed by atoms with Gasteiger partial charge in [-0.1, -0.05) is 0 Å². The van der Waals surface area contributed by atoms with E-state index in [0.717, 1.165) is 38.6 Å². The van der Waals surface area contributed by atoms with Crippen LogP contribution in [0.3, 0.4) is 0 Å². The molecule has 21 heavy (non-hydrogen) atoms. The number of nitrogens with one attached hydrogen (secondary N) is 1. The highest BCUT2D eigenvalue weighted by atomic mass is 32.2. The molecular weight excluding hydrogens is 290 g/mol. The SMILES string of the molecule is CCOCCCCNC(=NC)N1CCS(=O)(=O)C(C)(C)C1. The van der Waals surface area contributed by atoms with Crippen molar-refractivity contribution in [3.8, 4) is 0 Å². The summed E-state index contributed by atoms with van der Waals surface area (Å²) in [5.74, 6) is 0.972. The minimum atomic E-state index is -3.01. The van der Waals surface area contributed by atoms with Crippen LogP contribution in [0.15, 0.2) is 4.99 Å². The number of sulfone groups is 1. The molecule has 0 saturated carbocycles. The average Bonchev–Trinajstić information content (AvgIpc) is 2.41. The molecule has 0 unspecified atom stereocenters. The number of hydrogen-bond donors (Lipinski definition) is 1. The van der Waals surface area contributed by atoms with Crippen LogP contribution in [0.4, 0.5) is 0 Å². The number of rotatable bonds is 6. The lowest BCUT2D eigenvalue weighted by Crippen LogP contribution is -2.57. The third-order valence-corrected chi connectivity index (χ3v) is 6.29. The first-order valence-electron chi connectivity index (χ1n) is 7.59. The molecule has 0 aliphatic carbocycles. The second kappa shape index (κ2) is 7.98. The predicted octanol–water partition coefficient (Wildman–Crippen LogP) is 0.888. The van der Waals surface area contributed by atoms with Crippen LogP contribution in [0, 0.1) is 0 Å².